The zero-order valence-electron chi connectivity index (χ0n) is 36.2. The Morgan fingerprint density at radius 2 is 1.53 bits per heavy atom. The average Bonchev–Trinajstić information content (AvgIpc) is 3.76. The van der Waals surface area contributed by atoms with Crippen LogP contribution in [0.2, 0.25) is 0 Å². The van der Waals surface area contributed by atoms with Crippen LogP contribution in [0, 0.1) is 24.4 Å². The van der Waals surface area contributed by atoms with E-state index in [1.807, 2.05) is 48.5 Å². The quantitative estimate of drug-likeness (QED) is 0.156. The van der Waals surface area contributed by atoms with E-state index in [9.17, 15) is 0 Å². The Morgan fingerprint density at radius 1 is 0.811 bits per heavy atom. The fourth-order valence-electron chi connectivity index (χ4n) is 6.72. The van der Waals surface area contributed by atoms with Gasteiger partial charge in [-0.25, -0.2) is 0 Å². The predicted octanol–water partition coefficient (Wildman–Crippen LogP) is 13.1. The molecule has 0 saturated carbocycles. The number of rotatable bonds is 6. The van der Waals surface area contributed by atoms with Crippen LogP contribution < -0.4 is 0 Å². The van der Waals surface area contributed by atoms with E-state index in [1.54, 1.807) is 26.8 Å². The number of fused-ring (bicyclic) bond motifs is 4. The number of aryl methyl sites for hydroxylation is 1. The number of pyridine rings is 1. The molecule has 0 fully saturated rings. The third kappa shape index (κ3) is 7.79. The van der Waals surface area contributed by atoms with Crippen LogP contribution in [0.25, 0.3) is 61.3 Å². The standard InChI is InChI=1S/C25H25N2.C23H22NO.Ir/c1-17(2)20-13-10-14-21(18(3)4)24(20)27-23-16-9-8-15-22(23)26-25(27)19-11-6-5-7-12-19;1-15-14-24-20(12-16(15)13-23(2,3)4)19-10-7-9-18-17-8-5-6-11-21(17)25-22(18)19;/h5-11,13-18H,1-4H3;5-9,11-12,14H,13H2,1-4H3;/q2*-1;/i;1D3,13D2;. The molecule has 8 rings (SSSR count). The number of nitrogens with zero attached hydrogens (tertiary/aromatic N) is 3. The minimum absolute atomic E-state index is 0. The molecule has 0 saturated heterocycles. The van der Waals surface area contributed by atoms with E-state index in [1.165, 1.54) is 29.1 Å². The van der Waals surface area contributed by atoms with Gasteiger partial charge in [-0.15, -0.1) is 54.1 Å². The molecule has 8 aromatic rings. The number of hydrogen-bond donors (Lipinski definition) is 0. The summed E-state index contributed by atoms with van der Waals surface area (Å²) < 4.78 is 49.4. The first-order chi connectivity index (χ1) is 27.0. The molecule has 4 nitrogen and oxygen atoms in total. The first-order valence-corrected chi connectivity index (χ1v) is 17.9. The van der Waals surface area contributed by atoms with Gasteiger partial charge in [0.1, 0.15) is 5.58 Å². The molecular weight excluding hydrogens is 827 g/mol. The van der Waals surface area contributed by atoms with E-state index >= 15 is 0 Å². The van der Waals surface area contributed by atoms with Crippen LogP contribution in [0.15, 0.2) is 120 Å². The molecule has 271 valence electrons. The van der Waals surface area contributed by atoms with Crippen molar-refractivity contribution < 1.29 is 31.4 Å². The van der Waals surface area contributed by atoms with E-state index in [0.29, 0.717) is 28.7 Å². The van der Waals surface area contributed by atoms with Gasteiger partial charge in [-0.05, 0) is 71.1 Å². The summed E-state index contributed by atoms with van der Waals surface area (Å²) in [6.07, 6.45) is -0.632. The summed E-state index contributed by atoms with van der Waals surface area (Å²) in [6, 6.07) is 42.6. The molecule has 0 amide bonds. The number of benzene rings is 5. The smallest absolute Gasteiger partial charge is 0.120 e. The minimum atomic E-state index is -2.48. The molecule has 0 aliphatic heterocycles. The summed E-state index contributed by atoms with van der Waals surface area (Å²) in [5, 5.41) is 1.87. The largest absolute Gasteiger partial charge is 0.501 e. The fourth-order valence-corrected chi connectivity index (χ4v) is 6.72. The predicted molar refractivity (Wildman–Crippen MR) is 217 cm³/mol. The van der Waals surface area contributed by atoms with Gasteiger partial charge in [-0.2, -0.15) is 0 Å². The Hall–Kier alpha value is -4.83. The van der Waals surface area contributed by atoms with Crippen molar-refractivity contribution in [3.8, 4) is 28.3 Å². The van der Waals surface area contributed by atoms with Gasteiger partial charge in [0.25, 0.3) is 0 Å². The molecule has 1 radical (unpaired) electrons. The van der Waals surface area contributed by atoms with Crippen LogP contribution >= 0.6 is 0 Å². The first-order valence-electron chi connectivity index (χ1n) is 20.4. The molecule has 3 aromatic heterocycles. The SMILES string of the molecule is CC(C)c1cccc(C(C)C)c1-n1c(-c2[c-]cccc2)nc2ccccc21.[2H]C([2H])([2H])c1cnc(-c2[c-]ccc3c2oc2ccccc23)cc1C([2H])([2H])C(C)(C)C.[Ir]. The van der Waals surface area contributed by atoms with Crippen LogP contribution in [0.5, 0.6) is 0 Å². The molecule has 0 atom stereocenters. The van der Waals surface area contributed by atoms with E-state index in [-0.39, 0.29) is 31.2 Å². The summed E-state index contributed by atoms with van der Waals surface area (Å²) in [6.45, 7) is 11.8. The van der Waals surface area contributed by atoms with Crippen molar-refractivity contribution in [3.05, 3.63) is 150 Å². The van der Waals surface area contributed by atoms with Crippen molar-refractivity contribution >= 4 is 33.0 Å². The van der Waals surface area contributed by atoms with Crippen molar-refractivity contribution in [2.75, 3.05) is 0 Å². The van der Waals surface area contributed by atoms with Gasteiger partial charge in [0.2, 0.25) is 0 Å². The number of aromatic nitrogens is 3. The van der Waals surface area contributed by atoms with E-state index < -0.39 is 18.6 Å². The molecule has 0 aliphatic carbocycles. The molecule has 5 heteroatoms. The van der Waals surface area contributed by atoms with Crippen LogP contribution in [-0.4, -0.2) is 14.5 Å². The van der Waals surface area contributed by atoms with Crippen LogP contribution in [0.1, 0.15) is 89.4 Å². The van der Waals surface area contributed by atoms with Crippen LogP contribution in [-0.2, 0) is 26.5 Å². The van der Waals surface area contributed by atoms with Crippen molar-refractivity contribution in [3.63, 3.8) is 0 Å². The molecule has 0 N–H and O–H groups in total. The maximum absolute atomic E-state index is 8.70. The fraction of sp³-hybridized carbons (Fsp3) is 0.250. The van der Waals surface area contributed by atoms with E-state index in [0.717, 1.165) is 38.8 Å². The Bertz CT molecular complexity index is 2680. The second kappa shape index (κ2) is 15.6. The zero-order valence-corrected chi connectivity index (χ0v) is 33.6. The Morgan fingerprint density at radius 3 is 2.23 bits per heavy atom. The summed E-state index contributed by atoms with van der Waals surface area (Å²) in [4.78, 5) is 9.37. The van der Waals surface area contributed by atoms with Crippen LogP contribution in [0.4, 0.5) is 0 Å². The maximum atomic E-state index is 8.70. The maximum Gasteiger partial charge on any atom is 0.120 e. The molecule has 53 heavy (non-hydrogen) atoms. The number of para-hydroxylation sites is 4. The van der Waals surface area contributed by atoms with Crippen molar-refractivity contribution in [2.24, 2.45) is 5.41 Å². The van der Waals surface area contributed by atoms with E-state index in [4.69, 9.17) is 16.3 Å². The topological polar surface area (TPSA) is 43.9 Å². The Labute approximate surface area is 334 Å². The normalized spacial score (nSPS) is 13.6. The minimum Gasteiger partial charge on any atom is -0.501 e. The summed E-state index contributed by atoms with van der Waals surface area (Å²) >= 11 is 0. The van der Waals surface area contributed by atoms with Gasteiger partial charge in [0.15, 0.2) is 0 Å². The molecule has 0 aliphatic rings. The molecule has 0 spiro atoms. The molecule has 0 unspecified atom stereocenters. The third-order valence-electron chi connectivity index (χ3n) is 9.09. The van der Waals surface area contributed by atoms with Gasteiger partial charge >= 0.3 is 0 Å². The average molecular weight is 879 g/mol. The second-order valence-electron chi connectivity index (χ2n) is 14.8. The van der Waals surface area contributed by atoms with Gasteiger partial charge in [0.05, 0.1) is 22.4 Å². The summed E-state index contributed by atoms with van der Waals surface area (Å²) in [5.74, 6) is 1.80. The van der Waals surface area contributed by atoms with Crippen molar-refractivity contribution in [2.45, 2.75) is 73.5 Å². The molecular formula is C48H47IrN3O-2. The summed E-state index contributed by atoms with van der Waals surface area (Å²) in [5.41, 5.74) is 8.67. The van der Waals surface area contributed by atoms with E-state index in [2.05, 4.69) is 97.9 Å². The van der Waals surface area contributed by atoms with Gasteiger partial charge in [0, 0.05) is 44.2 Å². The second-order valence-corrected chi connectivity index (χ2v) is 14.8. The van der Waals surface area contributed by atoms with Gasteiger partial charge in [-0.1, -0.05) is 120 Å². The Kier molecular flexibility index (Phi) is 9.35. The van der Waals surface area contributed by atoms with Gasteiger partial charge < -0.3 is 14.0 Å². The molecule has 5 aromatic carbocycles. The molecule has 3 heterocycles. The van der Waals surface area contributed by atoms with Crippen molar-refractivity contribution in [1.82, 2.24) is 14.5 Å². The number of hydrogen-bond acceptors (Lipinski definition) is 3. The molecule has 0 bridgehead atoms. The number of imidazole rings is 1. The zero-order chi connectivity index (χ0) is 40.9. The van der Waals surface area contributed by atoms with Crippen LogP contribution in [0.3, 0.4) is 0 Å². The van der Waals surface area contributed by atoms with Crippen molar-refractivity contribution in [1.29, 1.82) is 0 Å². The summed E-state index contributed by atoms with van der Waals surface area (Å²) in [7, 11) is 0. The first kappa shape index (κ1) is 31.7. The van der Waals surface area contributed by atoms with Gasteiger partial charge in [-0.3, -0.25) is 4.98 Å². The monoisotopic (exact) mass is 879 g/mol. The Balaban J connectivity index is 0.000000193. The number of furan rings is 1. The third-order valence-corrected chi connectivity index (χ3v) is 9.09.